The summed E-state index contributed by atoms with van der Waals surface area (Å²) in [5.74, 6) is 0.245. The Kier molecular flexibility index (Phi) is 4.42. The molecule has 0 heterocycles. The Bertz CT molecular complexity index is 419. The standard InChI is InChI=1S/C10H10BrNO4/c1-2-8(13)6-16-10-5-7(12(14)15)3-4-9(10)11/h3-5H,2,6H2,1H3. The van der Waals surface area contributed by atoms with Gasteiger partial charge in [0.25, 0.3) is 5.69 Å². The zero-order chi connectivity index (χ0) is 12.1. The molecule has 5 nitrogen and oxygen atoms in total. The van der Waals surface area contributed by atoms with Crippen LogP contribution >= 0.6 is 15.9 Å². The first-order valence-electron chi connectivity index (χ1n) is 4.63. The minimum atomic E-state index is -0.513. The van der Waals surface area contributed by atoms with E-state index in [9.17, 15) is 14.9 Å². The number of carbonyl (C=O) groups excluding carboxylic acids is 1. The summed E-state index contributed by atoms with van der Waals surface area (Å²) < 4.78 is 5.76. The number of nitro benzene ring substituents is 1. The first-order valence-corrected chi connectivity index (χ1v) is 5.42. The van der Waals surface area contributed by atoms with E-state index in [0.717, 1.165) is 0 Å². The van der Waals surface area contributed by atoms with Crippen molar-refractivity contribution in [3.05, 3.63) is 32.8 Å². The minimum Gasteiger partial charge on any atom is -0.484 e. The highest BCUT2D eigenvalue weighted by Gasteiger charge is 2.11. The third-order valence-corrected chi connectivity index (χ3v) is 2.56. The van der Waals surface area contributed by atoms with Crippen molar-refractivity contribution in [2.75, 3.05) is 6.61 Å². The Morgan fingerprint density at radius 1 is 1.56 bits per heavy atom. The van der Waals surface area contributed by atoms with Gasteiger partial charge in [-0.2, -0.15) is 0 Å². The number of hydrogen-bond acceptors (Lipinski definition) is 4. The van der Waals surface area contributed by atoms with Crippen molar-refractivity contribution in [2.24, 2.45) is 0 Å². The lowest BCUT2D eigenvalue weighted by Crippen LogP contribution is -2.09. The number of carbonyl (C=O) groups is 1. The maximum absolute atomic E-state index is 11.0. The smallest absolute Gasteiger partial charge is 0.273 e. The SMILES string of the molecule is CCC(=O)COc1cc([N+](=O)[O-])ccc1Br. The van der Waals surface area contributed by atoms with E-state index in [1.807, 2.05) is 0 Å². The Morgan fingerprint density at radius 3 is 2.81 bits per heavy atom. The number of ketones is 1. The van der Waals surface area contributed by atoms with Gasteiger partial charge in [-0.3, -0.25) is 14.9 Å². The zero-order valence-corrected chi connectivity index (χ0v) is 10.2. The van der Waals surface area contributed by atoms with Crippen molar-refractivity contribution in [1.29, 1.82) is 0 Å². The van der Waals surface area contributed by atoms with Crippen LogP contribution in [0.25, 0.3) is 0 Å². The van der Waals surface area contributed by atoms with Crippen LogP contribution in [0.3, 0.4) is 0 Å². The molecule has 16 heavy (non-hydrogen) atoms. The summed E-state index contributed by atoms with van der Waals surface area (Å²) in [5.41, 5.74) is -0.0675. The number of non-ortho nitro benzene ring substituents is 1. The fourth-order valence-corrected chi connectivity index (χ4v) is 1.34. The molecule has 1 aromatic rings. The molecule has 0 aliphatic heterocycles. The van der Waals surface area contributed by atoms with Crippen LogP contribution in [0.4, 0.5) is 5.69 Å². The molecule has 1 rings (SSSR count). The predicted molar refractivity (Wildman–Crippen MR) is 61.6 cm³/mol. The summed E-state index contributed by atoms with van der Waals surface area (Å²) in [5, 5.41) is 10.5. The van der Waals surface area contributed by atoms with Crippen molar-refractivity contribution in [3.8, 4) is 5.75 Å². The molecule has 0 bridgehead atoms. The average molecular weight is 288 g/mol. The molecule has 0 N–H and O–H groups in total. The third-order valence-electron chi connectivity index (χ3n) is 1.91. The molecule has 0 atom stereocenters. The van der Waals surface area contributed by atoms with E-state index >= 15 is 0 Å². The van der Waals surface area contributed by atoms with Crippen LogP contribution in [-0.4, -0.2) is 17.3 Å². The number of nitrogens with zero attached hydrogens (tertiary/aromatic N) is 1. The molecule has 0 amide bonds. The summed E-state index contributed by atoms with van der Waals surface area (Å²) in [7, 11) is 0. The summed E-state index contributed by atoms with van der Waals surface area (Å²) in [6.07, 6.45) is 0.381. The van der Waals surface area contributed by atoms with Crippen LogP contribution in [0, 0.1) is 10.1 Å². The third kappa shape index (κ3) is 3.30. The molecule has 0 aliphatic carbocycles. The summed E-state index contributed by atoms with van der Waals surface area (Å²) in [4.78, 5) is 21.1. The van der Waals surface area contributed by atoms with Crippen molar-refractivity contribution < 1.29 is 14.5 Å². The van der Waals surface area contributed by atoms with E-state index in [4.69, 9.17) is 4.74 Å². The van der Waals surface area contributed by atoms with Crippen LogP contribution in [-0.2, 0) is 4.79 Å². The highest BCUT2D eigenvalue weighted by Crippen LogP contribution is 2.29. The quantitative estimate of drug-likeness (QED) is 0.617. The molecule has 6 heteroatoms. The highest BCUT2D eigenvalue weighted by molar-refractivity contribution is 9.10. The number of Topliss-reactive ketones (excluding diaryl/α,β-unsaturated/α-hetero) is 1. The highest BCUT2D eigenvalue weighted by atomic mass is 79.9. The van der Waals surface area contributed by atoms with Crippen LogP contribution in [0.2, 0.25) is 0 Å². The lowest BCUT2D eigenvalue weighted by atomic mass is 10.3. The number of nitro groups is 1. The number of ether oxygens (including phenoxy) is 1. The van der Waals surface area contributed by atoms with Crippen molar-refractivity contribution in [2.45, 2.75) is 13.3 Å². The van der Waals surface area contributed by atoms with Gasteiger partial charge >= 0.3 is 0 Å². The number of benzene rings is 1. The van der Waals surface area contributed by atoms with Crippen LogP contribution in [0.5, 0.6) is 5.75 Å². The van der Waals surface area contributed by atoms with Crippen LogP contribution in [0.15, 0.2) is 22.7 Å². The molecular formula is C10H10BrNO4. The molecule has 0 fully saturated rings. The second kappa shape index (κ2) is 5.60. The van der Waals surface area contributed by atoms with E-state index in [-0.39, 0.29) is 18.1 Å². The van der Waals surface area contributed by atoms with Gasteiger partial charge in [-0.25, -0.2) is 0 Å². The largest absolute Gasteiger partial charge is 0.484 e. The van der Waals surface area contributed by atoms with E-state index in [2.05, 4.69) is 15.9 Å². The maximum Gasteiger partial charge on any atom is 0.273 e. The van der Waals surface area contributed by atoms with Gasteiger partial charge in [0.2, 0.25) is 0 Å². The lowest BCUT2D eigenvalue weighted by molar-refractivity contribution is -0.385. The van der Waals surface area contributed by atoms with Crippen LogP contribution < -0.4 is 4.74 Å². The second-order valence-electron chi connectivity index (χ2n) is 3.05. The predicted octanol–water partition coefficient (Wildman–Crippen LogP) is 2.72. The van der Waals surface area contributed by atoms with Gasteiger partial charge in [-0.15, -0.1) is 0 Å². The monoisotopic (exact) mass is 287 g/mol. The molecular weight excluding hydrogens is 278 g/mol. The molecule has 1 aromatic carbocycles. The topological polar surface area (TPSA) is 69.4 Å². The van der Waals surface area contributed by atoms with Gasteiger partial charge in [-0.1, -0.05) is 6.92 Å². The number of rotatable bonds is 5. The normalized spacial score (nSPS) is 9.88. The van der Waals surface area contributed by atoms with Crippen molar-refractivity contribution in [1.82, 2.24) is 0 Å². The van der Waals surface area contributed by atoms with E-state index < -0.39 is 4.92 Å². The number of hydrogen-bond donors (Lipinski definition) is 0. The Hall–Kier alpha value is -1.43. The van der Waals surface area contributed by atoms with Gasteiger partial charge in [0.15, 0.2) is 5.78 Å². The van der Waals surface area contributed by atoms with Gasteiger partial charge in [0.05, 0.1) is 15.5 Å². The average Bonchev–Trinajstić information content (AvgIpc) is 2.27. The first kappa shape index (κ1) is 12.6. The summed E-state index contributed by atoms with van der Waals surface area (Å²) >= 11 is 3.19. The Balaban J connectivity index is 2.82. The van der Waals surface area contributed by atoms with E-state index in [0.29, 0.717) is 16.6 Å². The molecule has 0 saturated heterocycles. The molecule has 0 unspecified atom stereocenters. The van der Waals surface area contributed by atoms with Gasteiger partial charge < -0.3 is 4.74 Å². The van der Waals surface area contributed by atoms with E-state index in [1.165, 1.54) is 18.2 Å². The first-order chi connectivity index (χ1) is 7.54. The van der Waals surface area contributed by atoms with Gasteiger partial charge in [0.1, 0.15) is 12.4 Å². The van der Waals surface area contributed by atoms with Gasteiger partial charge in [0, 0.05) is 12.5 Å². The molecule has 0 saturated carbocycles. The number of halogens is 1. The van der Waals surface area contributed by atoms with Gasteiger partial charge in [-0.05, 0) is 22.0 Å². The second-order valence-corrected chi connectivity index (χ2v) is 3.91. The summed E-state index contributed by atoms with van der Waals surface area (Å²) in [6, 6.07) is 4.16. The lowest BCUT2D eigenvalue weighted by Gasteiger charge is -2.06. The maximum atomic E-state index is 11.0. The fraction of sp³-hybridized carbons (Fsp3) is 0.300. The summed E-state index contributed by atoms with van der Waals surface area (Å²) in [6.45, 7) is 1.66. The Labute approximate surface area is 101 Å². The molecule has 0 spiro atoms. The Morgan fingerprint density at radius 2 is 2.25 bits per heavy atom. The molecule has 0 aromatic heterocycles. The fourth-order valence-electron chi connectivity index (χ4n) is 0.977. The van der Waals surface area contributed by atoms with Crippen molar-refractivity contribution >= 4 is 27.4 Å². The molecule has 0 aliphatic rings. The molecule has 86 valence electrons. The van der Waals surface area contributed by atoms with Crippen LogP contribution in [0.1, 0.15) is 13.3 Å². The molecule has 0 radical (unpaired) electrons. The minimum absolute atomic E-state index is 0.0570. The van der Waals surface area contributed by atoms with E-state index in [1.54, 1.807) is 6.92 Å². The zero-order valence-electron chi connectivity index (χ0n) is 8.60. The van der Waals surface area contributed by atoms with Crippen molar-refractivity contribution in [3.63, 3.8) is 0 Å².